The summed E-state index contributed by atoms with van der Waals surface area (Å²) in [6.45, 7) is 1.22. The van der Waals surface area contributed by atoms with Gasteiger partial charge in [-0.2, -0.15) is 0 Å². The lowest BCUT2D eigenvalue weighted by atomic mass is 10.0. The highest BCUT2D eigenvalue weighted by molar-refractivity contribution is 8.02. The van der Waals surface area contributed by atoms with Gasteiger partial charge < -0.3 is 28.5 Å². The van der Waals surface area contributed by atoms with E-state index in [0.29, 0.717) is 75.7 Å². The van der Waals surface area contributed by atoms with E-state index >= 15 is 0 Å². The molecule has 1 N–H and O–H groups in total. The van der Waals surface area contributed by atoms with E-state index in [-0.39, 0.29) is 18.1 Å². The molecule has 3 heterocycles. The summed E-state index contributed by atoms with van der Waals surface area (Å²) in [5.41, 5.74) is 5.41. The van der Waals surface area contributed by atoms with Crippen molar-refractivity contribution in [1.82, 2.24) is 15.0 Å². The number of hydrogen-bond acceptors (Lipinski definition) is 9. The fourth-order valence-electron chi connectivity index (χ4n) is 4.80. The van der Waals surface area contributed by atoms with Crippen LogP contribution in [0.4, 0.5) is 0 Å². The van der Waals surface area contributed by atoms with Crippen LogP contribution in [0.5, 0.6) is 23.0 Å². The van der Waals surface area contributed by atoms with Gasteiger partial charge >= 0.3 is 0 Å². The van der Waals surface area contributed by atoms with Crippen molar-refractivity contribution in [2.24, 2.45) is 0 Å². The topological polar surface area (TPSA) is 91.3 Å². The Bertz CT molecular complexity index is 1460. The van der Waals surface area contributed by atoms with Crippen LogP contribution in [-0.4, -0.2) is 48.8 Å². The number of benzene rings is 2. The van der Waals surface area contributed by atoms with Crippen molar-refractivity contribution in [3.63, 3.8) is 0 Å². The fourth-order valence-corrected chi connectivity index (χ4v) is 5.45. The zero-order valence-electron chi connectivity index (χ0n) is 19.3. The molecule has 0 saturated heterocycles. The van der Waals surface area contributed by atoms with Gasteiger partial charge in [-0.1, -0.05) is 0 Å². The number of carbonyl (C=O) groups excluding carboxylic acids is 1. The minimum atomic E-state index is -0.186. The molecule has 2 aliphatic heterocycles. The van der Waals surface area contributed by atoms with E-state index in [0.717, 1.165) is 5.88 Å². The van der Waals surface area contributed by atoms with Crippen molar-refractivity contribution >= 4 is 28.3 Å². The van der Waals surface area contributed by atoms with E-state index < -0.39 is 0 Å². The van der Waals surface area contributed by atoms with E-state index in [1.54, 1.807) is 40.6 Å². The molecule has 0 atom stereocenters. The number of thioether (sulfide) groups is 1. The van der Waals surface area contributed by atoms with E-state index in [2.05, 4.69) is 5.43 Å². The minimum absolute atomic E-state index is 0.107. The highest BCUT2D eigenvalue weighted by Gasteiger charge is 2.35. The number of carbonyl (C=O) groups is 1. The molecule has 3 aromatic rings. The first-order valence-corrected chi connectivity index (χ1v) is 12.2. The average molecular weight is 494 g/mol. The number of ether oxygens (including phenoxy) is 4. The largest absolute Gasteiger partial charge is 0.493 e. The van der Waals surface area contributed by atoms with Crippen LogP contribution in [0.1, 0.15) is 22.3 Å². The predicted molar refractivity (Wildman–Crippen MR) is 132 cm³/mol. The molecule has 0 unspecified atom stereocenters. The van der Waals surface area contributed by atoms with Crippen molar-refractivity contribution in [1.29, 1.82) is 0 Å². The number of nitrogens with zero attached hydrogens (tertiary/aromatic N) is 2. The molecule has 180 valence electrons. The zero-order valence-corrected chi connectivity index (χ0v) is 20.1. The van der Waals surface area contributed by atoms with Gasteiger partial charge in [-0.3, -0.25) is 9.59 Å². The summed E-state index contributed by atoms with van der Waals surface area (Å²) in [5, 5.41) is 4.99. The Hall–Kier alpha value is -3.63. The van der Waals surface area contributed by atoms with Gasteiger partial charge in [0.2, 0.25) is 6.79 Å². The van der Waals surface area contributed by atoms with E-state index in [1.165, 1.54) is 14.2 Å². The third kappa shape index (κ3) is 3.43. The molecule has 1 aromatic heterocycles. The zero-order chi connectivity index (χ0) is 24.1. The Morgan fingerprint density at radius 1 is 1.00 bits per heavy atom. The second-order valence-corrected chi connectivity index (χ2v) is 9.19. The normalized spacial score (nSPS) is 15.1. The first-order chi connectivity index (χ1) is 17.1. The quantitative estimate of drug-likeness (QED) is 0.389. The monoisotopic (exact) mass is 493 g/mol. The summed E-state index contributed by atoms with van der Waals surface area (Å²) in [5.74, 6) is 2.68. The number of rotatable bonds is 7. The number of pyridine rings is 1. The molecule has 0 fully saturated rings. The Balaban J connectivity index is 1.51. The lowest BCUT2D eigenvalue weighted by molar-refractivity contribution is 0.104. The van der Waals surface area contributed by atoms with Gasteiger partial charge in [0.25, 0.3) is 5.56 Å². The number of aromatic nitrogens is 1. The van der Waals surface area contributed by atoms with Gasteiger partial charge in [-0.15, -0.1) is 11.8 Å². The fraction of sp³-hybridized carbons (Fsp3) is 0.280. The average Bonchev–Trinajstić information content (AvgIpc) is 3.62. The summed E-state index contributed by atoms with van der Waals surface area (Å²) < 4.78 is 23.7. The summed E-state index contributed by atoms with van der Waals surface area (Å²) in [6.07, 6.45) is 2.68. The lowest BCUT2D eigenvalue weighted by Gasteiger charge is -2.19. The van der Waals surface area contributed by atoms with Gasteiger partial charge in [-0.05, 0) is 36.1 Å². The van der Waals surface area contributed by atoms with Crippen LogP contribution < -0.4 is 29.9 Å². The third-order valence-corrected chi connectivity index (χ3v) is 7.18. The van der Waals surface area contributed by atoms with Crippen LogP contribution in [0, 0.1) is 0 Å². The number of hydrazine groups is 1. The van der Waals surface area contributed by atoms with Gasteiger partial charge in [0, 0.05) is 35.8 Å². The molecule has 0 spiro atoms. The first-order valence-electron chi connectivity index (χ1n) is 11.2. The molecule has 6 rings (SSSR count). The highest BCUT2D eigenvalue weighted by Crippen LogP contribution is 2.46. The SMILES string of the molecule is COc1cc2c3c(n(CCCNN4C=CSC4)c(=O)c2cc1OC)-c1cc2c(cc1C3=O)OCO2. The van der Waals surface area contributed by atoms with Crippen molar-refractivity contribution < 1.29 is 23.7 Å². The number of fused-ring (bicyclic) bond motifs is 6. The number of hydrogen-bond donors (Lipinski definition) is 1. The molecule has 0 bridgehead atoms. The second kappa shape index (κ2) is 8.54. The molecule has 35 heavy (non-hydrogen) atoms. The molecule has 0 saturated carbocycles. The van der Waals surface area contributed by atoms with Crippen LogP contribution in [0.15, 0.2) is 40.7 Å². The van der Waals surface area contributed by atoms with E-state index in [1.807, 2.05) is 16.6 Å². The maximum Gasteiger partial charge on any atom is 0.259 e. The summed E-state index contributed by atoms with van der Waals surface area (Å²) in [6, 6.07) is 6.87. The summed E-state index contributed by atoms with van der Waals surface area (Å²) in [4.78, 5) is 27.5. The van der Waals surface area contributed by atoms with Gasteiger partial charge in [-0.25, -0.2) is 5.43 Å². The van der Waals surface area contributed by atoms with Crippen molar-refractivity contribution in [3.05, 3.63) is 57.4 Å². The molecular formula is C25H23N3O6S. The van der Waals surface area contributed by atoms with Gasteiger partial charge in [0.05, 0.1) is 36.7 Å². The van der Waals surface area contributed by atoms with Crippen LogP contribution in [-0.2, 0) is 6.54 Å². The molecule has 1 aliphatic carbocycles. The van der Waals surface area contributed by atoms with E-state index in [9.17, 15) is 9.59 Å². The smallest absolute Gasteiger partial charge is 0.259 e. The summed E-state index contributed by atoms with van der Waals surface area (Å²) in [7, 11) is 3.05. The maximum atomic E-state index is 13.8. The molecule has 9 nitrogen and oxygen atoms in total. The van der Waals surface area contributed by atoms with Crippen LogP contribution in [0.2, 0.25) is 0 Å². The number of methoxy groups -OCH3 is 2. The molecular weight excluding hydrogens is 470 g/mol. The number of nitrogens with one attached hydrogen (secondary N) is 1. The van der Waals surface area contributed by atoms with Crippen molar-refractivity contribution in [2.75, 3.05) is 33.4 Å². The van der Waals surface area contributed by atoms with Crippen LogP contribution in [0.3, 0.4) is 0 Å². The van der Waals surface area contributed by atoms with Crippen LogP contribution in [0.25, 0.3) is 22.0 Å². The Labute approximate surface area is 205 Å². The van der Waals surface area contributed by atoms with Gasteiger partial charge in [0.1, 0.15) is 0 Å². The van der Waals surface area contributed by atoms with Gasteiger partial charge in [0.15, 0.2) is 28.8 Å². The second-order valence-electron chi connectivity index (χ2n) is 8.33. The summed E-state index contributed by atoms with van der Waals surface area (Å²) >= 11 is 1.71. The molecule has 3 aliphatic rings. The molecule has 0 amide bonds. The molecule has 0 radical (unpaired) electrons. The molecule has 10 heteroatoms. The Morgan fingerprint density at radius 3 is 2.40 bits per heavy atom. The number of ketones is 1. The first kappa shape index (κ1) is 21.9. The Kier molecular flexibility index (Phi) is 5.34. The van der Waals surface area contributed by atoms with E-state index in [4.69, 9.17) is 18.9 Å². The lowest BCUT2D eigenvalue weighted by Crippen LogP contribution is -2.33. The molecule has 2 aromatic carbocycles. The predicted octanol–water partition coefficient (Wildman–Crippen LogP) is 3.33. The standard InChI is InChI=1S/C25H23N3O6S/c1-31-18-8-14-17(11-19(18)32-2)25(30)28(5-3-4-26-27-6-7-35-12-27)23-15-9-20-21(34-13-33-20)10-16(15)24(29)22(14)23/h6-11,26H,3-5,12-13H2,1-2H3. The Morgan fingerprint density at radius 2 is 1.71 bits per heavy atom. The highest BCUT2D eigenvalue weighted by atomic mass is 32.2. The minimum Gasteiger partial charge on any atom is -0.493 e. The maximum absolute atomic E-state index is 13.8. The van der Waals surface area contributed by atoms with Crippen molar-refractivity contribution in [2.45, 2.75) is 13.0 Å². The third-order valence-electron chi connectivity index (χ3n) is 6.44. The van der Waals surface area contributed by atoms with Crippen molar-refractivity contribution in [3.8, 4) is 34.3 Å². The van der Waals surface area contributed by atoms with Crippen LogP contribution >= 0.6 is 11.8 Å².